The topological polar surface area (TPSA) is 96.9 Å². The number of likely N-dealkylation sites (tertiary alicyclic amines) is 1. The highest BCUT2D eigenvalue weighted by Crippen LogP contribution is 2.31. The molecule has 27 heavy (non-hydrogen) atoms. The molecule has 2 aromatic rings. The first-order chi connectivity index (χ1) is 13.1. The molecule has 0 aromatic carbocycles. The van der Waals surface area contributed by atoms with E-state index in [1.54, 1.807) is 23.1 Å². The van der Waals surface area contributed by atoms with Crippen molar-refractivity contribution in [3.05, 3.63) is 47.3 Å². The molecule has 2 aliphatic heterocycles. The van der Waals surface area contributed by atoms with Crippen LogP contribution < -0.4 is 0 Å². The third-order valence-corrected chi connectivity index (χ3v) is 5.07. The van der Waals surface area contributed by atoms with Crippen LogP contribution in [0.2, 0.25) is 0 Å². The number of carbonyl (C=O) groups is 1. The predicted octanol–water partition coefficient (Wildman–Crippen LogP) is 1.86. The third kappa shape index (κ3) is 2.85. The summed E-state index contributed by atoms with van der Waals surface area (Å²) in [6.45, 7) is 0.127. The number of nitriles is 2. The summed E-state index contributed by atoms with van der Waals surface area (Å²) in [5, 5.41) is 18.2. The minimum absolute atomic E-state index is 0.212. The summed E-state index contributed by atoms with van der Waals surface area (Å²) in [7, 11) is 0. The number of pyridine rings is 2. The largest absolute Gasteiger partial charge is 0.328 e. The maximum Gasteiger partial charge on any atom is 0.273 e. The molecule has 2 aromatic heterocycles. The predicted molar refractivity (Wildman–Crippen MR) is 92.5 cm³/mol. The van der Waals surface area contributed by atoms with Crippen molar-refractivity contribution in [2.75, 3.05) is 13.2 Å². The van der Waals surface area contributed by atoms with E-state index >= 15 is 0 Å². The lowest BCUT2D eigenvalue weighted by atomic mass is 10.1. The van der Waals surface area contributed by atoms with E-state index in [1.165, 1.54) is 11.1 Å². The minimum Gasteiger partial charge on any atom is -0.328 e. The van der Waals surface area contributed by atoms with Crippen molar-refractivity contribution >= 4 is 5.91 Å². The monoisotopic (exact) mass is 362 g/mol. The first-order valence-electron chi connectivity index (χ1n) is 8.54. The van der Waals surface area contributed by atoms with Crippen LogP contribution in [0.1, 0.15) is 28.0 Å². The zero-order valence-electron chi connectivity index (χ0n) is 14.3. The molecule has 0 radical (unpaired) electrons. The molecular weight excluding hydrogens is 347 g/mol. The fourth-order valence-corrected chi connectivity index (χ4v) is 3.66. The molecule has 4 rings (SSSR count). The first-order valence-corrected chi connectivity index (χ1v) is 8.54. The molecule has 134 valence electrons. The third-order valence-electron chi connectivity index (χ3n) is 5.07. The Hall–Kier alpha value is -3.52. The molecule has 1 fully saturated rings. The molecular formula is C19H15FN6O. The second-order valence-corrected chi connectivity index (χ2v) is 6.63. The van der Waals surface area contributed by atoms with Crippen molar-refractivity contribution in [3.8, 4) is 23.7 Å². The fourth-order valence-electron chi connectivity index (χ4n) is 3.66. The molecule has 8 heteroatoms. The number of hydrogen-bond donors (Lipinski definition) is 0. The van der Waals surface area contributed by atoms with E-state index in [0.717, 1.165) is 5.56 Å². The number of amides is 1. The number of alkyl halides is 1. The Morgan fingerprint density at radius 3 is 2.81 bits per heavy atom. The molecule has 0 N–H and O–H groups in total. The van der Waals surface area contributed by atoms with Gasteiger partial charge in [0.1, 0.15) is 12.4 Å². The quantitative estimate of drug-likeness (QED) is 0.773. The summed E-state index contributed by atoms with van der Waals surface area (Å²) in [4.78, 5) is 24.6. The Balaban J connectivity index is 1.60. The van der Waals surface area contributed by atoms with Gasteiger partial charge in [-0.1, -0.05) is 6.07 Å². The zero-order valence-corrected chi connectivity index (χ0v) is 14.3. The van der Waals surface area contributed by atoms with E-state index < -0.39 is 12.7 Å². The smallest absolute Gasteiger partial charge is 0.273 e. The van der Waals surface area contributed by atoms with Crippen molar-refractivity contribution in [2.24, 2.45) is 0 Å². The van der Waals surface area contributed by atoms with Crippen LogP contribution in [0.25, 0.3) is 11.4 Å². The van der Waals surface area contributed by atoms with Crippen LogP contribution in [0.3, 0.4) is 0 Å². The molecule has 0 spiro atoms. The highest BCUT2D eigenvalue weighted by molar-refractivity contribution is 5.97. The van der Waals surface area contributed by atoms with Gasteiger partial charge in [0.2, 0.25) is 0 Å². The van der Waals surface area contributed by atoms with Crippen LogP contribution in [-0.2, 0) is 6.54 Å². The number of hydrogen-bond acceptors (Lipinski definition) is 6. The Morgan fingerprint density at radius 2 is 2.11 bits per heavy atom. The maximum absolute atomic E-state index is 13.1. The van der Waals surface area contributed by atoms with E-state index in [4.69, 9.17) is 10.5 Å². The lowest BCUT2D eigenvalue weighted by molar-refractivity contribution is 0.0707. The summed E-state index contributed by atoms with van der Waals surface area (Å²) in [6.07, 6.45) is 3.96. The number of halogens is 1. The van der Waals surface area contributed by atoms with Crippen LogP contribution in [-0.4, -0.2) is 51.0 Å². The van der Waals surface area contributed by atoms with Gasteiger partial charge in [0.15, 0.2) is 6.19 Å². The Kier molecular flexibility index (Phi) is 4.17. The van der Waals surface area contributed by atoms with Gasteiger partial charge in [-0.05, 0) is 24.6 Å². The Morgan fingerprint density at radius 1 is 1.26 bits per heavy atom. The number of fused-ring (bicyclic) bond motifs is 1. The normalized spacial score (nSPS) is 21.1. The molecule has 1 saturated heterocycles. The summed E-state index contributed by atoms with van der Waals surface area (Å²) in [5.41, 5.74) is 2.66. The molecule has 0 saturated carbocycles. The van der Waals surface area contributed by atoms with E-state index in [-0.39, 0.29) is 11.9 Å². The van der Waals surface area contributed by atoms with Crippen molar-refractivity contribution in [2.45, 2.75) is 25.0 Å². The van der Waals surface area contributed by atoms with Gasteiger partial charge in [-0.15, -0.1) is 0 Å². The van der Waals surface area contributed by atoms with Gasteiger partial charge in [-0.25, -0.2) is 9.37 Å². The fraction of sp³-hybridized carbons (Fsp3) is 0.316. The van der Waals surface area contributed by atoms with Crippen molar-refractivity contribution < 1.29 is 9.18 Å². The van der Waals surface area contributed by atoms with Crippen molar-refractivity contribution in [1.82, 2.24) is 19.8 Å². The molecule has 0 unspecified atom stereocenters. The van der Waals surface area contributed by atoms with Gasteiger partial charge in [-0.2, -0.15) is 10.5 Å². The molecule has 1 amide bonds. The van der Waals surface area contributed by atoms with E-state index in [1.807, 2.05) is 12.3 Å². The minimum atomic E-state index is -0.609. The van der Waals surface area contributed by atoms with Crippen LogP contribution in [0, 0.1) is 22.8 Å². The molecule has 0 bridgehead atoms. The molecule has 7 nitrogen and oxygen atoms in total. The van der Waals surface area contributed by atoms with Crippen LogP contribution in [0.4, 0.5) is 4.39 Å². The number of aromatic nitrogens is 2. The average Bonchev–Trinajstić information content (AvgIpc) is 3.28. The highest BCUT2D eigenvalue weighted by atomic mass is 19.1. The lowest BCUT2D eigenvalue weighted by Gasteiger charge is -2.22. The number of rotatable bonds is 3. The molecule has 2 aliphatic rings. The van der Waals surface area contributed by atoms with Gasteiger partial charge in [0, 0.05) is 24.8 Å². The summed E-state index contributed by atoms with van der Waals surface area (Å²) < 4.78 is 13.1. The van der Waals surface area contributed by atoms with Gasteiger partial charge >= 0.3 is 0 Å². The van der Waals surface area contributed by atoms with Gasteiger partial charge < -0.3 is 9.80 Å². The standard InChI is InChI=1S/C19H15FN6O/c20-7-14-6-15(10-25(14)11-22)26-9-13-1-2-16(24-18(13)19(26)27)17-5-12(8-21)3-4-23-17/h1-5,14-15H,6-7,9-10H2/t14-,15+/m0/s1. The van der Waals surface area contributed by atoms with E-state index in [2.05, 4.69) is 16.0 Å². The SMILES string of the molecule is N#Cc1ccnc(-c2ccc3c(n2)C(=O)N([C@@H]2C[C@@H](CF)N(C#N)C2)C3)c1. The zero-order chi connectivity index (χ0) is 19.0. The molecule has 4 heterocycles. The summed E-state index contributed by atoms with van der Waals surface area (Å²) in [6, 6.07) is 8.21. The van der Waals surface area contributed by atoms with E-state index in [0.29, 0.717) is 42.2 Å². The number of carbonyl (C=O) groups excluding carboxylic acids is 1. The second-order valence-electron chi connectivity index (χ2n) is 6.63. The first kappa shape index (κ1) is 16.9. The molecule has 0 aliphatic carbocycles. The van der Waals surface area contributed by atoms with Crippen LogP contribution in [0.15, 0.2) is 30.5 Å². The van der Waals surface area contributed by atoms with Crippen LogP contribution >= 0.6 is 0 Å². The maximum atomic E-state index is 13.1. The van der Waals surface area contributed by atoms with Gasteiger partial charge in [-0.3, -0.25) is 9.78 Å². The summed E-state index contributed by atoms with van der Waals surface area (Å²) in [5.74, 6) is -0.217. The second kappa shape index (κ2) is 6.65. The lowest BCUT2D eigenvalue weighted by Crippen LogP contribution is -2.37. The Labute approximate surface area is 155 Å². The van der Waals surface area contributed by atoms with Crippen molar-refractivity contribution in [3.63, 3.8) is 0 Å². The number of nitrogens with zero attached hydrogens (tertiary/aromatic N) is 6. The van der Waals surface area contributed by atoms with Gasteiger partial charge in [0.05, 0.1) is 35.1 Å². The van der Waals surface area contributed by atoms with Crippen molar-refractivity contribution in [1.29, 1.82) is 10.5 Å². The molecule has 2 atom stereocenters. The Bertz CT molecular complexity index is 994. The summed E-state index contributed by atoms with van der Waals surface area (Å²) >= 11 is 0. The van der Waals surface area contributed by atoms with E-state index in [9.17, 15) is 9.18 Å². The average molecular weight is 362 g/mol. The van der Waals surface area contributed by atoms with Gasteiger partial charge in [0.25, 0.3) is 5.91 Å². The highest BCUT2D eigenvalue weighted by Gasteiger charge is 2.41. The van der Waals surface area contributed by atoms with Crippen LogP contribution in [0.5, 0.6) is 0 Å².